The molecule has 0 saturated carbocycles. The Labute approximate surface area is 267 Å². The van der Waals surface area contributed by atoms with E-state index in [1.54, 1.807) is 6.92 Å². The van der Waals surface area contributed by atoms with Crippen molar-refractivity contribution in [1.82, 2.24) is 9.88 Å². The highest BCUT2D eigenvalue weighted by molar-refractivity contribution is 7.99. The third-order valence-corrected chi connectivity index (χ3v) is 9.53. The molecule has 3 aromatic carbocycles. The molecule has 0 aliphatic carbocycles. The topological polar surface area (TPSA) is 60.3 Å². The number of nitrogens with zero attached hydrogens (tertiary/aromatic N) is 1. The molecule has 1 aromatic heterocycles. The molecule has 0 radical (unpaired) electrons. The van der Waals surface area contributed by atoms with E-state index in [0.29, 0.717) is 35.7 Å². The molecule has 0 fully saturated rings. The van der Waals surface area contributed by atoms with Gasteiger partial charge in [0.1, 0.15) is 11.6 Å². The van der Waals surface area contributed by atoms with Crippen LogP contribution < -0.4 is 15.6 Å². The zero-order valence-corrected chi connectivity index (χ0v) is 26.3. The van der Waals surface area contributed by atoms with E-state index in [1.807, 2.05) is 30.3 Å². The standard InChI is InChI=1S/C35H33F5N2O3S/c1-20(43)10-9-17-41-32(22-11-5-4-6-12-22)28-19-46-34-24(18-25-26(35(38,39)40)14-8-15-27(25)36)21(2)30(33(44)42(28)34)23-13-7-16-29(45-3)31(23)37/h4-8,11-16,28,32,41H,9-10,17-19H2,1-3H3. The fraction of sp³-hybridized carbons (Fsp3) is 0.314. The number of Topliss-reactive ketones (excluding diaryl/α,β-unsaturated/α-hetero) is 1. The average Bonchev–Trinajstić information content (AvgIpc) is 3.45. The molecule has 5 rings (SSSR count). The van der Waals surface area contributed by atoms with Crippen LogP contribution >= 0.6 is 11.8 Å². The summed E-state index contributed by atoms with van der Waals surface area (Å²) < 4.78 is 79.9. The highest BCUT2D eigenvalue weighted by Gasteiger charge is 2.38. The van der Waals surface area contributed by atoms with Crippen molar-refractivity contribution in [3.63, 3.8) is 0 Å². The van der Waals surface area contributed by atoms with Crippen molar-refractivity contribution in [2.45, 2.75) is 56.4 Å². The van der Waals surface area contributed by atoms with Gasteiger partial charge in [0, 0.05) is 29.7 Å². The van der Waals surface area contributed by atoms with Crippen LogP contribution in [0.3, 0.4) is 0 Å². The van der Waals surface area contributed by atoms with E-state index >= 15 is 8.78 Å². The summed E-state index contributed by atoms with van der Waals surface area (Å²) in [5.74, 6) is -1.50. The molecule has 0 spiro atoms. The second-order valence-electron chi connectivity index (χ2n) is 11.2. The number of fused-ring (bicyclic) bond motifs is 1. The summed E-state index contributed by atoms with van der Waals surface area (Å²) in [4.78, 5) is 26.1. The summed E-state index contributed by atoms with van der Waals surface area (Å²) in [5.41, 5.74) is -0.848. The van der Waals surface area contributed by atoms with Gasteiger partial charge < -0.3 is 14.8 Å². The first-order valence-corrected chi connectivity index (χ1v) is 15.8. The smallest absolute Gasteiger partial charge is 0.416 e. The summed E-state index contributed by atoms with van der Waals surface area (Å²) in [5, 5.41) is 3.89. The number of ether oxygens (including phenoxy) is 1. The highest BCUT2D eigenvalue weighted by atomic mass is 32.2. The van der Waals surface area contributed by atoms with E-state index in [1.165, 1.54) is 48.6 Å². The number of rotatable bonds is 11. The normalized spacial score (nSPS) is 15.1. The van der Waals surface area contributed by atoms with Gasteiger partial charge in [-0.2, -0.15) is 13.2 Å². The number of carbonyl (C=O) groups is 1. The van der Waals surface area contributed by atoms with Crippen LogP contribution in [-0.4, -0.2) is 29.8 Å². The molecule has 1 N–H and O–H groups in total. The summed E-state index contributed by atoms with van der Waals surface area (Å²) in [6.07, 6.45) is -4.35. The zero-order chi connectivity index (χ0) is 33.2. The van der Waals surface area contributed by atoms with E-state index in [2.05, 4.69) is 5.32 Å². The predicted octanol–water partition coefficient (Wildman–Crippen LogP) is 8.07. The second-order valence-corrected chi connectivity index (χ2v) is 12.3. The molecule has 2 heterocycles. The third kappa shape index (κ3) is 6.62. The second kappa shape index (κ2) is 13.8. The van der Waals surface area contributed by atoms with E-state index in [4.69, 9.17) is 4.74 Å². The molecule has 5 nitrogen and oxygen atoms in total. The van der Waals surface area contributed by atoms with Gasteiger partial charge in [-0.1, -0.05) is 48.5 Å². The van der Waals surface area contributed by atoms with Gasteiger partial charge in [0.25, 0.3) is 5.56 Å². The molecule has 46 heavy (non-hydrogen) atoms. The van der Waals surface area contributed by atoms with E-state index < -0.39 is 53.0 Å². The Morgan fingerprint density at radius 3 is 2.43 bits per heavy atom. The lowest BCUT2D eigenvalue weighted by molar-refractivity contribution is -0.138. The predicted molar refractivity (Wildman–Crippen MR) is 168 cm³/mol. The number of alkyl halides is 3. The van der Waals surface area contributed by atoms with Crippen LogP contribution in [0.4, 0.5) is 22.0 Å². The quantitative estimate of drug-likeness (QED) is 0.131. The summed E-state index contributed by atoms with van der Waals surface area (Å²) in [6, 6.07) is 15.6. The fourth-order valence-corrected chi connectivity index (χ4v) is 7.50. The van der Waals surface area contributed by atoms with Crippen LogP contribution in [0.2, 0.25) is 0 Å². The first-order chi connectivity index (χ1) is 21.9. The maximum absolute atomic E-state index is 15.8. The lowest BCUT2D eigenvalue weighted by Gasteiger charge is -2.28. The molecule has 1 aliphatic heterocycles. The Morgan fingerprint density at radius 1 is 1.04 bits per heavy atom. The number of pyridine rings is 1. The Kier molecular flexibility index (Phi) is 10.0. The lowest BCUT2D eigenvalue weighted by Crippen LogP contribution is -2.36. The van der Waals surface area contributed by atoms with Gasteiger partial charge >= 0.3 is 6.18 Å². The Bertz CT molecular complexity index is 1810. The van der Waals surface area contributed by atoms with E-state index in [0.717, 1.165) is 23.8 Å². The van der Waals surface area contributed by atoms with Crippen LogP contribution in [0, 0.1) is 18.6 Å². The minimum absolute atomic E-state index is 0.0315. The monoisotopic (exact) mass is 656 g/mol. The number of halogens is 5. The summed E-state index contributed by atoms with van der Waals surface area (Å²) in [6.45, 7) is 3.54. The van der Waals surface area contributed by atoms with Gasteiger partial charge in [-0.05, 0) is 61.7 Å². The third-order valence-electron chi connectivity index (χ3n) is 8.30. The van der Waals surface area contributed by atoms with Crippen molar-refractivity contribution in [3.8, 4) is 16.9 Å². The van der Waals surface area contributed by atoms with E-state index in [9.17, 15) is 22.8 Å². The molecule has 0 amide bonds. The number of nitrogens with one attached hydrogen (secondary N) is 1. The first-order valence-electron chi connectivity index (χ1n) is 14.8. The molecule has 0 saturated heterocycles. The fourth-order valence-electron chi connectivity index (χ4n) is 6.07. The highest BCUT2D eigenvalue weighted by Crippen LogP contribution is 2.45. The Hall–Kier alpha value is -3.96. The largest absolute Gasteiger partial charge is 0.494 e. The summed E-state index contributed by atoms with van der Waals surface area (Å²) >= 11 is 1.30. The number of aromatic nitrogens is 1. The van der Waals surface area contributed by atoms with Crippen molar-refractivity contribution < 1.29 is 31.5 Å². The molecule has 2 atom stereocenters. The van der Waals surface area contributed by atoms with Crippen LogP contribution in [0.15, 0.2) is 76.6 Å². The Balaban J connectivity index is 1.74. The summed E-state index contributed by atoms with van der Waals surface area (Å²) in [7, 11) is 1.29. The van der Waals surface area contributed by atoms with Gasteiger partial charge in [0.2, 0.25) is 0 Å². The van der Waals surface area contributed by atoms with Crippen molar-refractivity contribution in [2.75, 3.05) is 19.4 Å². The maximum atomic E-state index is 15.8. The molecular weight excluding hydrogens is 623 g/mol. The number of thioether (sulfide) groups is 1. The van der Waals surface area contributed by atoms with Crippen LogP contribution in [0.1, 0.15) is 59.7 Å². The SMILES string of the molecule is COc1cccc(-c2c(C)c(Cc3c(F)cccc3C(F)(F)F)c3n(c2=O)C(C(NCCCC(C)=O)c2ccccc2)CS3)c1F. The van der Waals surface area contributed by atoms with Crippen LogP contribution in [0.5, 0.6) is 5.75 Å². The van der Waals surface area contributed by atoms with E-state index in [-0.39, 0.29) is 28.2 Å². The van der Waals surface area contributed by atoms with Crippen molar-refractivity contribution in [3.05, 3.63) is 117 Å². The molecular formula is C35H33F5N2O3S. The van der Waals surface area contributed by atoms with Gasteiger partial charge in [-0.15, -0.1) is 11.8 Å². The van der Waals surface area contributed by atoms with Crippen LogP contribution in [-0.2, 0) is 17.4 Å². The number of hydrogen-bond donors (Lipinski definition) is 1. The minimum atomic E-state index is -4.82. The number of hydrogen-bond acceptors (Lipinski definition) is 5. The minimum Gasteiger partial charge on any atom is -0.494 e. The first kappa shape index (κ1) is 33.4. The molecule has 11 heteroatoms. The van der Waals surface area contributed by atoms with Gasteiger partial charge in [-0.3, -0.25) is 9.36 Å². The number of methoxy groups -OCH3 is 1. The molecule has 1 aliphatic rings. The molecule has 4 aromatic rings. The van der Waals surface area contributed by atoms with Gasteiger partial charge in [0.15, 0.2) is 11.6 Å². The molecule has 0 bridgehead atoms. The number of ketones is 1. The average molecular weight is 657 g/mol. The zero-order valence-electron chi connectivity index (χ0n) is 25.5. The molecule has 242 valence electrons. The Morgan fingerprint density at radius 2 is 1.76 bits per heavy atom. The van der Waals surface area contributed by atoms with Gasteiger partial charge in [-0.25, -0.2) is 8.78 Å². The molecule has 2 unspecified atom stereocenters. The van der Waals surface area contributed by atoms with Crippen molar-refractivity contribution in [1.29, 1.82) is 0 Å². The van der Waals surface area contributed by atoms with Gasteiger partial charge in [0.05, 0.1) is 35.3 Å². The number of benzene rings is 3. The van der Waals surface area contributed by atoms with Crippen LogP contribution in [0.25, 0.3) is 11.1 Å². The maximum Gasteiger partial charge on any atom is 0.416 e. The number of carbonyl (C=O) groups excluding carboxylic acids is 1. The van der Waals surface area contributed by atoms with Crippen molar-refractivity contribution >= 4 is 17.5 Å². The van der Waals surface area contributed by atoms with Crippen molar-refractivity contribution in [2.24, 2.45) is 0 Å². The lowest BCUT2D eigenvalue weighted by atomic mass is 9.91.